The fourth-order valence-corrected chi connectivity index (χ4v) is 5.96. The monoisotopic (exact) mass is 563 g/mol. The average Bonchev–Trinajstić information content (AvgIpc) is 3.70. The van der Waals surface area contributed by atoms with Gasteiger partial charge in [0.05, 0.1) is 31.5 Å². The van der Waals surface area contributed by atoms with Gasteiger partial charge < -0.3 is 28.8 Å². The molecule has 2 aromatic heterocycles. The van der Waals surface area contributed by atoms with E-state index in [9.17, 15) is 14.7 Å². The molecule has 0 radical (unpaired) electrons. The first-order valence-electron chi connectivity index (χ1n) is 14.0. The maximum atomic E-state index is 13.8. The number of anilines is 1. The van der Waals surface area contributed by atoms with Crippen LogP contribution in [0.25, 0.3) is 0 Å². The van der Waals surface area contributed by atoms with Crippen molar-refractivity contribution in [3.05, 3.63) is 60.4 Å². The molecule has 1 saturated heterocycles. The van der Waals surface area contributed by atoms with Crippen LogP contribution in [-0.4, -0.2) is 76.0 Å². The molecular weight excluding hydrogens is 526 g/mol. The summed E-state index contributed by atoms with van der Waals surface area (Å²) in [5.41, 5.74) is 1.52. The first-order chi connectivity index (χ1) is 19.9. The van der Waals surface area contributed by atoms with Crippen LogP contribution in [0.15, 0.2) is 49.1 Å². The Kier molecular flexibility index (Phi) is 8.72. The summed E-state index contributed by atoms with van der Waals surface area (Å²) in [7, 11) is 3.47. The number of rotatable bonds is 12. The summed E-state index contributed by atoms with van der Waals surface area (Å²) in [5, 5.41) is 10.6. The highest BCUT2D eigenvalue weighted by Crippen LogP contribution is 2.47. The second-order valence-electron chi connectivity index (χ2n) is 10.5. The summed E-state index contributed by atoms with van der Waals surface area (Å²) >= 11 is 0. The molecule has 0 bridgehead atoms. The first-order valence-corrected chi connectivity index (χ1v) is 14.0. The lowest BCUT2D eigenvalue weighted by Gasteiger charge is -2.29. The maximum Gasteiger partial charge on any atom is 0.308 e. The Morgan fingerprint density at radius 2 is 2.10 bits per heavy atom. The quantitative estimate of drug-likeness (QED) is 0.353. The molecule has 2 aliphatic heterocycles. The van der Waals surface area contributed by atoms with Gasteiger partial charge in [0.15, 0.2) is 11.5 Å². The minimum absolute atomic E-state index is 0.0804. The van der Waals surface area contributed by atoms with Gasteiger partial charge in [-0.2, -0.15) is 0 Å². The number of imidazole rings is 1. The van der Waals surface area contributed by atoms with Crippen LogP contribution in [0.1, 0.15) is 43.5 Å². The molecule has 4 heterocycles. The normalized spacial score (nSPS) is 19.8. The van der Waals surface area contributed by atoms with Gasteiger partial charge in [-0.1, -0.05) is 13.3 Å². The number of ether oxygens (including phenoxy) is 3. The van der Waals surface area contributed by atoms with Gasteiger partial charge in [-0.15, -0.1) is 0 Å². The van der Waals surface area contributed by atoms with Crippen molar-refractivity contribution in [2.75, 3.05) is 38.4 Å². The largest absolute Gasteiger partial charge is 0.493 e. The molecule has 5 rings (SSSR count). The zero-order valence-electron chi connectivity index (χ0n) is 23.7. The third-order valence-electron chi connectivity index (χ3n) is 8.06. The summed E-state index contributed by atoms with van der Waals surface area (Å²) in [6.07, 6.45) is 9.90. The van der Waals surface area contributed by atoms with E-state index in [1.165, 1.54) is 0 Å². The van der Waals surface area contributed by atoms with E-state index in [0.717, 1.165) is 29.9 Å². The number of hydrogen-bond acceptors (Lipinski definition) is 8. The highest BCUT2D eigenvalue weighted by Gasteiger charge is 2.47. The van der Waals surface area contributed by atoms with Crippen molar-refractivity contribution >= 4 is 17.6 Å². The van der Waals surface area contributed by atoms with Crippen molar-refractivity contribution < 1.29 is 28.9 Å². The number of carboxylic acids is 1. The van der Waals surface area contributed by atoms with Gasteiger partial charge >= 0.3 is 5.97 Å². The number of amides is 1. The number of carbonyl (C=O) groups excluding carboxylic acids is 1. The number of aryl methyl sites for hydroxylation is 2. The minimum atomic E-state index is -0.901. The molecular formula is C30H37N5O6. The van der Waals surface area contributed by atoms with Crippen LogP contribution in [0.2, 0.25) is 0 Å². The molecule has 1 aromatic carbocycles. The van der Waals surface area contributed by atoms with Crippen molar-refractivity contribution in [1.29, 1.82) is 0 Å². The average molecular weight is 564 g/mol. The Hall–Kier alpha value is -4.12. The lowest BCUT2D eigenvalue weighted by molar-refractivity contribution is -0.143. The fourth-order valence-electron chi connectivity index (χ4n) is 5.96. The molecule has 0 saturated carbocycles. The molecule has 11 heteroatoms. The van der Waals surface area contributed by atoms with Gasteiger partial charge in [-0.25, -0.2) is 4.98 Å². The van der Waals surface area contributed by atoms with E-state index in [4.69, 9.17) is 14.2 Å². The van der Waals surface area contributed by atoms with Gasteiger partial charge in [-0.3, -0.25) is 19.5 Å². The first kappa shape index (κ1) is 28.4. The van der Waals surface area contributed by atoms with Gasteiger partial charge in [0.25, 0.3) is 0 Å². The molecule has 218 valence electrons. The summed E-state index contributed by atoms with van der Waals surface area (Å²) < 4.78 is 18.7. The highest BCUT2D eigenvalue weighted by atomic mass is 16.7. The molecule has 0 aliphatic carbocycles. The molecule has 41 heavy (non-hydrogen) atoms. The lowest BCUT2D eigenvalue weighted by atomic mass is 9.83. The van der Waals surface area contributed by atoms with Crippen LogP contribution < -0.4 is 19.1 Å². The van der Waals surface area contributed by atoms with Crippen LogP contribution in [-0.2, 0) is 23.1 Å². The maximum absolute atomic E-state index is 13.8. The third-order valence-corrected chi connectivity index (χ3v) is 8.06. The molecule has 1 amide bonds. The second-order valence-corrected chi connectivity index (χ2v) is 10.5. The molecule has 1 fully saturated rings. The fraction of sp³-hybridized carbons (Fsp3) is 0.467. The molecule has 0 spiro atoms. The molecule has 1 N–H and O–H groups in total. The molecule has 3 atom stereocenters. The van der Waals surface area contributed by atoms with Gasteiger partial charge in [0.2, 0.25) is 18.4 Å². The number of aromatic nitrogens is 3. The molecule has 1 unspecified atom stereocenters. The Bertz CT molecular complexity index is 1360. The molecule has 2 aliphatic rings. The van der Waals surface area contributed by atoms with Crippen molar-refractivity contribution in [1.82, 2.24) is 19.4 Å². The van der Waals surface area contributed by atoms with Crippen molar-refractivity contribution in [2.24, 2.45) is 13.0 Å². The number of methoxy groups -OCH3 is 1. The zero-order chi connectivity index (χ0) is 28.9. The summed E-state index contributed by atoms with van der Waals surface area (Å²) in [6, 6.07) is 6.98. The van der Waals surface area contributed by atoms with Crippen LogP contribution in [0, 0.1) is 5.92 Å². The van der Waals surface area contributed by atoms with Crippen molar-refractivity contribution in [3.8, 4) is 17.2 Å². The number of benzene rings is 1. The second kappa shape index (κ2) is 12.6. The summed E-state index contributed by atoms with van der Waals surface area (Å²) in [6.45, 7) is 3.22. The SMILES string of the molecule is CCCCN(C(=O)CN1C[C@H](c2cc(OC)c3c(c2)OCO3)C(C(=O)O)[C@@H]1CCc1nccn1C)c1cccnc1. The number of carbonyl (C=O) groups is 2. The van der Waals surface area contributed by atoms with Crippen molar-refractivity contribution in [2.45, 2.75) is 44.6 Å². The van der Waals surface area contributed by atoms with E-state index in [-0.39, 0.29) is 19.2 Å². The predicted octanol–water partition coefficient (Wildman–Crippen LogP) is 3.49. The van der Waals surface area contributed by atoms with E-state index in [1.807, 2.05) is 47.0 Å². The number of aliphatic carboxylic acids is 1. The number of likely N-dealkylation sites (tertiary alicyclic amines) is 1. The highest BCUT2D eigenvalue weighted by molar-refractivity contribution is 5.94. The Balaban J connectivity index is 1.47. The van der Waals surface area contributed by atoms with Gasteiger partial charge in [0.1, 0.15) is 5.82 Å². The smallest absolute Gasteiger partial charge is 0.308 e. The van der Waals surface area contributed by atoms with Gasteiger partial charge in [0, 0.05) is 57.1 Å². The van der Waals surface area contributed by atoms with Crippen LogP contribution >= 0.6 is 0 Å². The van der Waals surface area contributed by atoms with Crippen LogP contribution in [0.4, 0.5) is 5.69 Å². The van der Waals surface area contributed by atoms with E-state index in [2.05, 4.69) is 16.9 Å². The number of nitrogens with zero attached hydrogens (tertiary/aromatic N) is 5. The molecule has 3 aromatic rings. The summed E-state index contributed by atoms with van der Waals surface area (Å²) in [4.78, 5) is 39.2. The Morgan fingerprint density at radius 3 is 2.78 bits per heavy atom. The number of carboxylic acid groups (broad SMARTS) is 1. The third kappa shape index (κ3) is 6.00. The predicted molar refractivity (Wildman–Crippen MR) is 151 cm³/mol. The van der Waals surface area contributed by atoms with E-state index in [1.54, 1.807) is 30.6 Å². The van der Waals surface area contributed by atoms with E-state index >= 15 is 0 Å². The number of hydrogen-bond donors (Lipinski definition) is 1. The van der Waals surface area contributed by atoms with E-state index in [0.29, 0.717) is 43.2 Å². The Morgan fingerprint density at radius 1 is 1.24 bits per heavy atom. The number of fused-ring (bicyclic) bond motifs is 1. The zero-order valence-corrected chi connectivity index (χ0v) is 23.7. The van der Waals surface area contributed by atoms with Crippen LogP contribution in [0.3, 0.4) is 0 Å². The lowest BCUT2D eigenvalue weighted by Crippen LogP contribution is -2.44. The van der Waals surface area contributed by atoms with Crippen LogP contribution in [0.5, 0.6) is 17.2 Å². The number of unbranched alkanes of at least 4 members (excludes halogenated alkanes) is 1. The standard InChI is InChI=1S/C30H37N5O6/c1-4-5-12-35(21-7-6-10-31-16-21)27(36)18-34-17-22(20-14-24(39-3)29-25(15-20)40-19-41-29)28(30(37)38)23(34)8-9-26-32-11-13-33(26)2/h6-7,10-11,13-16,22-23,28H,4-5,8-9,12,17-19H2,1-3H3,(H,37,38)/t22-,23+,28?/m1/s1. The summed E-state index contributed by atoms with van der Waals surface area (Å²) in [5.74, 6) is 0.290. The van der Waals surface area contributed by atoms with Crippen molar-refractivity contribution in [3.63, 3.8) is 0 Å². The topological polar surface area (TPSA) is 119 Å². The number of pyridine rings is 1. The Labute approximate surface area is 239 Å². The van der Waals surface area contributed by atoms with Gasteiger partial charge in [-0.05, 0) is 42.7 Å². The minimum Gasteiger partial charge on any atom is -0.493 e. The molecule has 11 nitrogen and oxygen atoms in total. The van der Waals surface area contributed by atoms with E-state index < -0.39 is 23.8 Å².